The summed E-state index contributed by atoms with van der Waals surface area (Å²) in [4.78, 5) is 36.7. The molecule has 3 aromatic rings. The Hall–Kier alpha value is -3.65. The van der Waals surface area contributed by atoms with E-state index in [9.17, 15) is 14.4 Å². The number of nitrogens with one attached hydrogen (secondary N) is 2. The third kappa shape index (κ3) is 5.38. The summed E-state index contributed by atoms with van der Waals surface area (Å²) >= 11 is 3.28. The van der Waals surface area contributed by atoms with Crippen molar-refractivity contribution in [2.75, 3.05) is 11.9 Å². The van der Waals surface area contributed by atoms with Crippen LogP contribution < -0.4 is 10.6 Å². The van der Waals surface area contributed by atoms with Crippen LogP contribution in [0.25, 0.3) is 11.1 Å². The summed E-state index contributed by atoms with van der Waals surface area (Å²) in [7, 11) is 0. The molecule has 0 unspecified atom stereocenters. The molecule has 1 aliphatic carbocycles. The monoisotopic (exact) mass is 536 g/mol. The van der Waals surface area contributed by atoms with E-state index in [1.165, 1.54) is 18.2 Å². The molecule has 8 heteroatoms. The van der Waals surface area contributed by atoms with E-state index >= 15 is 0 Å². The molecule has 0 spiro atoms. The number of alkyl carbamates (subject to hydrolysis) is 1. The van der Waals surface area contributed by atoms with Crippen LogP contribution in [0.4, 0.5) is 10.5 Å². The van der Waals surface area contributed by atoms with Crippen LogP contribution in [-0.4, -0.2) is 35.7 Å². The topological polar surface area (TPSA) is 105 Å². The summed E-state index contributed by atoms with van der Waals surface area (Å²) in [5, 5.41) is 14.5. The fourth-order valence-electron chi connectivity index (χ4n) is 4.31. The van der Waals surface area contributed by atoms with E-state index in [1.54, 1.807) is 0 Å². The first-order valence-electron chi connectivity index (χ1n) is 11.3. The van der Waals surface area contributed by atoms with Crippen LogP contribution in [0.1, 0.15) is 47.2 Å². The quantitative estimate of drug-likeness (QED) is 0.337. The van der Waals surface area contributed by atoms with E-state index in [1.807, 2.05) is 43.3 Å². The number of amides is 2. The molecule has 1 aliphatic rings. The van der Waals surface area contributed by atoms with Gasteiger partial charge in [0.1, 0.15) is 12.6 Å². The van der Waals surface area contributed by atoms with Crippen LogP contribution in [0.3, 0.4) is 0 Å². The molecule has 3 aromatic carbocycles. The zero-order valence-electron chi connectivity index (χ0n) is 19.1. The molecular weight excluding hydrogens is 512 g/mol. The molecule has 180 valence electrons. The zero-order chi connectivity index (χ0) is 24.9. The Morgan fingerprint density at radius 2 is 1.63 bits per heavy atom. The fourth-order valence-corrected chi connectivity index (χ4v) is 4.79. The van der Waals surface area contributed by atoms with Gasteiger partial charge in [-0.3, -0.25) is 4.79 Å². The number of halogens is 1. The van der Waals surface area contributed by atoms with E-state index < -0.39 is 24.0 Å². The molecule has 1 atom stereocenters. The number of carboxylic acids is 1. The number of hydrogen-bond acceptors (Lipinski definition) is 4. The van der Waals surface area contributed by atoms with Crippen molar-refractivity contribution in [2.24, 2.45) is 0 Å². The minimum Gasteiger partial charge on any atom is -0.478 e. The summed E-state index contributed by atoms with van der Waals surface area (Å²) in [6, 6.07) is 19.7. The van der Waals surface area contributed by atoms with Gasteiger partial charge in [-0.2, -0.15) is 0 Å². The Kier molecular flexibility index (Phi) is 7.51. The van der Waals surface area contributed by atoms with Crippen molar-refractivity contribution in [3.8, 4) is 11.1 Å². The van der Waals surface area contributed by atoms with E-state index in [2.05, 4.69) is 38.7 Å². The summed E-state index contributed by atoms with van der Waals surface area (Å²) in [6.45, 7) is 2.07. The maximum atomic E-state index is 12.9. The minimum atomic E-state index is -1.07. The molecule has 0 saturated carbocycles. The highest BCUT2D eigenvalue weighted by Gasteiger charge is 2.29. The van der Waals surface area contributed by atoms with E-state index in [-0.39, 0.29) is 18.1 Å². The molecule has 0 bridgehead atoms. The molecule has 0 heterocycles. The number of ether oxygens (including phenoxy) is 1. The molecular formula is C27H25BrN2O5. The van der Waals surface area contributed by atoms with Crippen molar-refractivity contribution in [3.63, 3.8) is 0 Å². The van der Waals surface area contributed by atoms with Crippen molar-refractivity contribution in [1.82, 2.24) is 5.32 Å². The third-order valence-electron chi connectivity index (χ3n) is 6.00. The van der Waals surface area contributed by atoms with Gasteiger partial charge in [0, 0.05) is 10.4 Å². The number of carboxylic acid groups (broad SMARTS) is 1. The van der Waals surface area contributed by atoms with Gasteiger partial charge in [-0.15, -0.1) is 0 Å². The van der Waals surface area contributed by atoms with Crippen LogP contribution in [-0.2, 0) is 9.53 Å². The first-order valence-corrected chi connectivity index (χ1v) is 12.1. The maximum absolute atomic E-state index is 12.9. The first kappa shape index (κ1) is 24.5. The smallest absolute Gasteiger partial charge is 0.407 e. The SMILES string of the molecule is CCC[C@H](NC(=O)OCC1c2ccccc2-c2ccccc21)C(=O)Nc1ccc(C(=O)O)cc1Br. The normalized spacial score (nSPS) is 12.9. The molecule has 7 nitrogen and oxygen atoms in total. The maximum Gasteiger partial charge on any atom is 0.407 e. The van der Waals surface area contributed by atoms with Gasteiger partial charge in [-0.1, -0.05) is 61.9 Å². The molecule has 0 saturated heterocycles. The van der Waals surface area contributed by atoms with Crippen LogP contribution >= 0.6 is 15.9 Å². The van der Waals surface area contributed by atoms with E-state index in [0.29, 0.717) is 23.0 Å². The van der Waals surface area contributed by atoms with Gasteiger partial charge >= 0.3 is 12.1 Å². The predicted octanol–water partition coefficient (Wildman–Crippen LogP) is 5.79. The molecule has 0 radical (unpaired) electrons. The number of hydrogen-bond donors (Lipinski definition) is 3. The second-order valence-corrected chi connectivity index (χ2v) is 9.15. The molecule has 35 heavy (non-hydrogen) atoms. The van der Waals surface area contributed by atoms with Crippen LogP contribution in [0.15, 0.2) is 71.2 Å². The fraction of sp³-hybridized carbons (Fsp3) is 0.222. The Labute approximate surface area is 211 Å². The number of carbonyl (C=O) groups is 3. The third-order valence-corrected chi connectivity index (χ3v) is 6.66. The van der Waals surface area contributed by atoms with E-state index in [0.717, 1.165) is 22.3 Å². The summed E-state index contributed by atoms with van der Waals surface area (Å²) in [5.74, 6) is -1.55. The van der Waals surface area contributed by atoms with Gasteiger partial charge in [0.05, 0.1) is 11.3 Å². The van der Waals surface area contributed by atoms with Crippen LogP contribution in [0, 0.1) is 0 Å². The second kappa shape index (κ2) is 10.7. The molecule has 0 aromatic heterocycles. The molecule has 3 N–H and O–H groups in total. The molecule has 0 aliphatic heterocycles. The highest BCUT2D eigenvalue weighted by Crippen LogP contribution is 2.44. The minimum absolute atomic E-state index is 0.0738. The predicted molar refractivity (Wildman–Crippen MR) is 137 cm³/mol. The van der Waals surface area contributed by atoms with Crippen molar-refractivity contribution in [1.29, 1.82) is 0 Å². The molecule has 4 rings (SSSR count). The Morgan fingerprint density at radius 3 is 2.20 bits per heavy atom. The lowest BCUT2D eigenvalue weighted by molar-refractivity contribution is -0.118. The largest absolute Gasteiger partial charge is 0.478 e. The summed E-state index contributed by atoms with van der Waals surface area (Å²) in [5.41, 5.74) is 5.00. The number of aromatic carboxylic acids is 1. The average Bonchev–Trinajstić information content (AvgIpc) is 3.17. The van der Waals surface area contributed by atoms with Crippen LogP contribution in [0.2, 0.25) is 0 Å². The first-order chi connectivity index (χ1) is 16.9. The number of carbonyl (C=O) groups excluding carboxylic acids is 2. The Morgan fingerprint density at radius 1 is 1.00 bits per heavy atom. The average molecular weight is 537 g/mol. The van der Waals surface area contributed by atoms with Gasteiger partial charge in [-0.05, 0) is 62.8 Å². The van der Waals surface area contributed by atoms with Crippen molar-refractivity contribution in [2.45, 2.75) is 31.7 Å². The Bertz CT molecular complexity index is 1230. The number of rotatable bonds is 8. The van der Waals surface area contributed by atoms with Gasteiger partial charge in [0.25, 0.3) is 0 Å². The lowest BCUT2D eigenvalue weighted by atomic mass is 9.98. The number of benzene rings is 3. The Balaban J connectivity index is 1.41. The number of anilines is 1. The van der Waals surface area contributed by atoms with Gasteiger partial charge < -0.3 is 20.5 Å². The molecule has 0 fully saturated rings. The van der Waals surface area contributed by atoms with Crippen molar-refractivity contribution < 1.29 is 24.2 Å². The van der Waals surface area contributed by atoms with Crippen molar-refractivity contribution >= 4 is 39.6 Å². The lowest BCUT2D eigenvalue weighted by Gasteiger charge is -2.20. The van der Waals surface area contributed by atoms with Gasteiger partial charge in [0.15, 0.2) is 0 Å². The molecule has 2 amide bonds. The zero-order valence-corrected chi connectivity index (χ0v) is 20.7. The summed E-state index contributed by atoms with van der Waals surface area (Å²) < 4.78 is 6.01. The standard InChI is InChI=1S/C27H25BrN2O5/c1-2-7-24(25(31)29-23-13-12-16(26(32)33)14-22(23)28)30-27(34)35-15-21-19-10-5-3-8-17(19)18-9-4-6-11-20(18)21/h3-6,8-14,21,24H,2,7,15H2,1H3,(H,29,31)(H,30,34)(H,32,33)/t24-/m0/s1. The van der Waals surface area contributed by atoms with Crippen molar-refractivity contribution in [3.05, 3.63) is 87.9 Å². The summed E-state index contributed by atoms with van der Waals surface area (Å²) in [6.07, 6.45) is 0.419. The highest BCUT2D eigenvalue weighted by atomic mass is 79.9. The van der Waals surface area contributed by atoms with Crippen LogP contribution in [0.5, 0.6) is 0 Å². The van der Waals surface area contributed by atoms with E-state index in [4.69, 9.17) is 9.84 Å². The lowest BCUT2D eigenvalue weighted by Crippen LogP contribution is -2.44. The number of fused-ring (bicyclic) bond motifs is 3. The van der Waals surface area contributed by atoms with Gasteiger partial charge in [0.2, 0.25) is 5.91 Å². The second-order valence-electron chi connectivity index (χ2n) is 8.30. The highest BCUT2D eigenvalue weighted by molar-refractivity contribution is 9.10. The van der Waals surface area contributed by atoms with Gasteiger partial charge in [-0.25, -0.2) is 9.59 Å².